The first-order valence-corrected chi connectivity index (χ1v) is 8.80. The molecule has 2 aromatic carbocycles. The van der Waals surface area contributed by atoms with E-state index in [1.54, 1.807) is 48.5 Å². The molecular formula is C18H18ClN3O5S. The molecule has 0 atom stereocenters. The lowest BCUT2D eigenvalue weighted by atomic mass is 10.3. The first-order chi connectivity index (χ1) is 13.5. The number of amides is 2. The van der Waals surface area contributed by atoms with Gasteiger partial charge in [0.25, 0.3) is 11.8 Å². The summed E-state index contributed by atoms with van der Waals surface area (Å²) in [7, 11) is 1.50. The van der Waals surface area contributed by atoms with E-state index in [1.165, 1.54) is 7.11 Å². The van der Waals surface area contributed by atoms with Gasteiger partial charge in [-0.25, -0.2) is 0 Å². The molecule has 0 saturated carbocycles. The topological polar surface area (TPSA) is 97.9 Å². The van der Waals surface area contributed by atoms with E-state index in [1.807, 2.05) is 0 Å². The molecule has 0 radical (unpaired) electrons. The molecule has 0 unspecified atom stereocenters. The minimum Gasteiger partial charge on any atom is -0.493 e. The van der Waals surface area contributed by atoms with Crippen LogP contribution in [0.2, 0.25) is 5.02 Å². The predicted molar refractivity (Wildman–Crippen MR) is 107 cm³/mol. The third-order valence-electron chi connectivity index (χ3n) is 3.19. The van der Waals surface area contributed by atoms with Crippen LogP contribution in [0.5, 0.6) is 17.2 Å². The molecule has 0 heterocycles. The number of thiocarbonyl (C=S) groups is 1. The number of halogens is 1. The summed E-state index contributed by atoms with van der Waals surface area (Å²) in [6, 6.07) is 13.7. The van der Waals surface area contributed by atoms with Crippen LogP contribution in [-0.2, 0) is 9.59 Å². The summed E-state index contributed by atoms with van der Waals surface area (Å²) in [5.41, 5.74) is 4.69. The van der Waals surface area contributed by atoms with Crippen molar-refractivity contribution in [3.63, 3.8) is 0 Å². The molecule has 0 aliphatic carbocycles. The number of ether oxygens (including phenoxy) is 3. The van der Waals surface area contributed by atoms with Gasteiger partial charge in [0.15, 0.2) is 29.8 Å². The number of carbonyl (C=O) groups excluding carboxylic acids is 2. The molecule has 0 spiro atoms. The van der Waals surface area contributed by atoms with Crippen molar-refractivity contribution in [3.8, 4) is 17.2 Å². The maximum atomic E-state index is 11.9. The van der Waals surface area contributed by atoms with Gasteiger partial charge in [-0.15, -0.1) is 0 Å². The van der Waals surface area contributed by atoms with Crippen molar-refractivity contribution in [1.82, 2.24) is 16.2 Å². The first-order valence-electron chi connectivity index (χ1n) is 8.01. The minimum absolute atomic E-state index is 0.0975. The van der Waals surface area contributed by atoms with E-state index >= 15 is 0 Å². The average Bonchev–Trinajstić information content (AvgIpc) is 2.70. The van der Waals surface area contributed by atoms with Crippen molar-refractivity contribution < 1.29 is 23.8 Å². The van der Waals surface area contributed by atoms with Gasteiger partial charge in [0.2, 0.25) is 0 Å². The van der Waals surface area contributed by atoms with E-state index in [2.05, 4.69) is 16.2 Å². The molecule has 3 N–H and O–H groups in total. The van der Waals surface area contributed by atoms with Crippen LogP contribution in [0.3, 0.4) is 0 Å². The lowest BCUT2D eigenvalue weighted by molar-refractivity contribution is -0.124. The van der Waals surface area contributed by atoms with Gasteiger partial charge in [0, 0.05) is 0 Å². The minimum atomic E-state index is -0.512. The summed E-state index contributed by atoms with van der Waals surface area (Å²) in [4.78, 5) is 23.6. The van der Waals surface area contributed by atoms with Crippen LogP contribution in [0.1, 0.15) is 0 Å². The Balaban J connectivity index is 1.68. The Morgan fingerprint density at radius 2 is 1.46 bits per heavy atom. The Kier molecular flexibility index (Phi) is 8.32. The molecule has 28 heavy (non-hydrogen) atoms. The molecule has 0 aliphatic rings. The second-order valence-corrected chi connectivity index (χ2v) is 6.02. The fourth-order valence-corrected chi connectivity index (χ4v) is 2.30. The number of hydrazine groups is 1. The Labute approximate surface area is 172 Å². The van der Waals surface area contributed by atoms with Crippen molar-refractivity contribution in [2.75, 3.05) is 20.3 Å². The van der Waals surface area contributed by atoms with Gasteiger partial charge in [-0.1, -0.05) is 35.9 Å². The molecule has 2 aromatic rings. The first kappa shape index (κ1) is 21.3. The fourth-order valence-electron chi connectivity index (χ4n) is 1.94. The van der Waals surface area contributed by atoms with Crippen molar-refractivity contribution in [1.29, 1.82) is 0 Å². The fraction of sp³-hybridized carbons (Fsp3) is 0.167. The number of hydrogen-bond acceptors (Lipinski definition) is 6. The SMILES string of the molecule is COc1ccccc1OCC(=O)NC(=S)NNC(=O)COc1ccccc1Cl. The quantitative estimate of drug-likeness (QED) is 0.461. The summed E-state index contributed by atoms with van der Waals surface area (Å²) < 4.78 is 15.8. The predicted octanol–water partition coefficient (Wildman–Crippen LogP) is 1.83. The molecule has 10 heteroatoms. The highest BCUT2D eigenvalue weighted by Crippen LogP contribution is 2.25. The third kappa shape index (κ3) is 6.93. The zero-order valence-corrected chi connectivity index (χ0v) is 16.4. The van der Waals surface area contributed by atoms with Gasteiger partial charge in [-0.2, -0.15) is 0 Å². The smallest absolute Gasteiger partial charge is 0.276 e. The van der Waals surface area contributed by atoms with Gasteiger partial charge in [0.05, 0.1) is 12.1 Å². The van der Waals surface area contributed by atoms with Crippen LogP contribution in [0, 0.1) is 0 Å². The maximum Gasteiger partial charge on any atom is 0.276 e. The zero-order chi connectivity index (χ0) is 20.4. The monoisotopic (exact) mass is 423 g/mol. The number of nitrogens with one attached hydrogen (secondary N) is 3. The van der Waals surface area contributed by atoms with Crippen LogP contribution >= 0.6 is 23.8 Å². The Hall–Kier alpha value is -3.04. The summed E-state index contributed by atoms with van der Waals surface area (Å²) in [5.74, 6) is 0.279. The molecule has 0 aromatic heterocycles. The highest BCUT2D eigenvalue weighted by atomic mass is 35.5. The van der Waals surface area contributed by atoms with Gasteiger partial charge in [-0.3, -0.25) is 25.8 Å². The summed E-state index contributed by atoms with van der Waals surface area (Å²) >= 11 is 10.9. The van der Waals surface area contributed by atoms with E-state index in [0.29, 0.717) is 22.3 Å². The zero-order valence-electron chi connectivity index (χ0n) is 14.9. The van der Waals surface area contributed by atoms with E-state index in [9.17, 15) is 9.59 Å². The third-order valence-corrected chi connectivity index (χ3v) is 3.71. The Morgan fingerprint density at radius 3 is 2.14 bits per heavy atom. The van der Waals surface area contributed by atoms with Crippen molar-refractivity contribution >= 4 is 40.7 Å². The lowest BCUT2D eigenvalue weighted by Crippen LogP contribution is -2.50. The number of hydrogen-bond donors (Lipinski definition) is 3. The van der Waals surface area contributed by atoms with E-state index in [4.69, 9.17) is 38.0 Å². The van der Waals surface area contributed by atoms with E-state index in [-0.39, 0.29) is 18.3 Å². The second kappa shape index (κ2) is 11.0. The van der Waals surface area contributed by atoms with Gasteiger partial charge in [-0.05, 0) is 36.5 Å². The molecule has 2 rings (SSSR count). The van der Waals surface area contributed by atoms with Crippen LogP contribution in [-0.4, -0.2) is 37.3 Å². The molecule has 0 fully saturated rings. The molecular weight excluding hydrogens is 406 g/mol. The van der Waals surface area contributed by atoms with E-state index < -0.39 is 11.8 Å². The largest absolute Gasteiger partial charge is 0.493 e. The average molecular weight is 424 g/mol. The van der Waals surface area contributed by atoms with Gasteiger partial charge in [0.1, 0.15) is 5.75 Å². The molecule has 0 bridgehead atoms. The Bertz CT molecular complexity index is 849. The van der Waals surface area contributed by atoms with Gasteiger partial charge < -0.3 is 14.2 Å². The van der Waals surface area contributed by atoms with Crippen LogP contribution in [0.4, 0.5) is 0 Å². The van der Waals surface area contributed by atoms with Crippen LogP contribution < -0.4 is 30.4 Å². The molecule has 2 amide bonds. The summed E-state index contributed by atoms with van der Waals surface area (Å²) in [5, 5.41) is 2.66. The standard InChI is InChI=1S/C18H18ClN3O5S/c1-25-14-8-4-5-9-15(14)27-10-16(23)20-18(28)22-21-17(24)11-26-13-7-3-2-6-12(13)19/h2-9H,10-11H2,1H3,(H,21,24)(H2,20,22,23,28). The highest BCUT2D eigenvalue weighted by molar-refractivity contribution is 7.80. The molecule has 8 nitrogen and oxygen atoms in total. The molecule has 148 valence electrons. The number of methoxy groups -OCH3 is 1. The van der Waals surface area contributed by atoms with Crippen molar-refractivity contribution in [2.45, 2.75) is 0 Å². The number of benzene rings is 2. The number of rotatable bonds is 7. The Morgan fingerprint density at radius 1 is 0.893 bits per heavy atom. The van der Waals surface area contributed by atoms with Crippen LogP contribution in [0.15, 0.2) is 48.5 Å². The van der Waals surface area contributed by atoms with Gasteiger partial charge >= 0.3 is 0 Å². The molecule has 0 aliphatic heterocycles. The summed E-state index contributed by atoms with van der Waals surface area (Å²) in [6.07, 6.45) is 0. The highest BCUT2D eigenvalue weighted by Gasteiger charge is 2.10. The van der Waals surface area contributed by atoms with Crippen LogP contribution in [0.25, 0.3) is 0 Å². The molecule has 0 saturated heterocycles. The van der Waals surface area contributed by atoms with E-state index in [0.717, 1.165) is 0 Å². The normalized spacial score (nSPS) is 9.79. The second-order valence-electron chi connectivity index (χ2n) is 5.21. The maximum absolute atomic E-state index is 11.9. The number of para-hydroxylation sites is 3. The lowest BCUT2D eigenvalue weighted by Gasteiger charge is -2.13. The van der Waals surface area contributed by atoms with Crippen molar-refractivity contribution in [2.24, 2.45) is 0 Å². The van der Waals surface area contributed by atoms with Crippen molar-refractivity contribution in [3.05, 3.63) is 53.6 Å². The number of carbonyl (C=O) groups is 2. The summed E-state index contributed by atoms with van der Waals surface area (Å²) in [6.45, 7) is -0.573.